The highest BCUT2D eigenvalue weighted by Crippen LogP contribution is 2.31. The van der Waals surface area contributed by atoms with E-state index in [1.165, 1.54) is 0 Å². The van der Waals surface area contributed by atoms with Crippen LogP contribution < -0.4 is 5.32 Å². The van der Waals surface area contributed by atoms with Crippen molar-refractivity contribution in [3.63, 3.8) is 0 Å². The second kappa shape index (κ2) is 6.30. The first-order chi connectivity index (χ1) is 6.62. The summed E-state index contributed by atoms with van der Waals surface area (Å²) in [6, 6.07) is 0. The minimum Gasteiger partial charge on any atom is -0.385 e. The largest absolute Gasteiger partial charge is 0.385 e. The first-order valence-electron chi connectivity index (χ1n) is 5.04. The SMILES string of the molecule is COCCC1(C(=O)N(C)C)CCNC1.Cl. The minimum absolute atomic E-state index is 0. The number of carbonyl (C=O) groups excluding carboxylic acids is 1. The number of carbonyl (C=O) groups is 1. The zero-order valence-corrected chi connectivity index (χ0v) is 10.5. The van der Waals surface area contributed by atoms with Gasteiger partial charge in [0.25, 0.3) is 0 Å². The molecule has 90 valence electrons. The molecule has 1 aliphatic rings. The normalized spacial score (nSPS) is 24.7. The summed E-state index contributed by atoms with van der Waals surface area (Å²) in [4.78, 5) is 13.7. The molecular formula is C10H21ClN2O2. The molecule has 1 fully saturated rings. The molecule has 1 aliphatic heterocycles. The average molecular weight is 237 g/mol. The molecule has 1 unspecified atom stereocenters. The van der Waals surface area contributed by atoms with Crippen molar-refractivity contribution in [3.05, 3.63) is 0 Å². The van der Waals surface area contributed by atoms with Crippen LogP contribution in [0.5, 0.6) is 0 Å². The minimum atomic E-state index is -0.223. The summed E-state index contributed by atoms with van der Waals surface area (Å²) < 4.78 is 5.06. The Morgan fingerprint density at radius 1 is 1.53 bits per heavy atom. The van der Waals surface area contributed by atoms with Gasteiger partial charge in [0.2, 0.25) is 5.91 Å². The van der Waals surface area contributed by atoms with E-state index in [4.69, 9.17) is 4.74 Å². The number of nitrogens with one attached hydrogen (secondary N) is 1. The van der Waals surface area contributed by atoms with Crippen molar-refractivity contribution in [2.24, 2.45) is 5.41 Å². The molecule has 0 aliphatic carbocycles. The second-order valence-electron chi connectivity index (χ2n) is 4.15. The molecule has 15 heavy (non-hydrogen) atoms. The maximum atomic E-state index is 12.0. The zero-order chi connectivity index (χ0) is 10.6. The maximum Gasteiger partial charge on any atom is 0.229 e. The first-order valence-corrected chi connectivity index (χ1v) is 5.04. The molecule has 4 nitrogen and oxygen atoms in total. The Morgan fingerprint density at radius 3 is 2.60 bits per heavy atom. The molecule has 0 aromatic rings. The van der Waals surface area contributed by atoms with Crippen LogP contribution in [0.2, 0.25) is 0 Å². The fourth-order valence-electron chi connectivity index (χ4n) is 2.02. The van der Waals surface area contributed by atoms with Gasteiger partial charge in [-0.25, -0.2) is 0 Å². The number of rotatable bonds is 4. The Hall–Kier alpha value is -0.320. The first kappa shape index (κ1) is 14.7. The summed E-state index contributed by atoms with van der Waals surface area (Å²) in [5, 5.41) is 3.25. The lowest BCUT2D eigenvalue weighted by atomic mass is 9.82. The molecule has 0 saturated carbocycles. The molecule has 0 bridgehead atoms. The summed E-state index contributed by atoms with van der Waals surface area (Å²) >= 11 is 0. The van der Waals surface area contributed by atoms with Crippen molar-refractivity contribution < 1.29 is 9.53 Å². The van der Waals surface area contributed by atoms with Crippen molar-refractivity contribution in [2.45, 2.75) is 12.8 Å². The Morgan fingerprint density at radius 2 is 2.20 bits per heavy atom. The van der Waals surface area contributed by atoms with Gasteiger partial charge in [-0.15, -0.1) is 12.4 Å². The number of hydrogen-bond acceptors (Lipinski definition) is 3. The Bertz CT molecular complexity index is 204. The van der Waals surface area contributed by atoms with Crippen LogP contribution in [0.25, 0.3) is 0 Å². The predicted molar refractivity (Wildman–Crippen MR) is 62.4 cm³/mol. The fourth-order valence-corrected chi connectivity index (χ4v) is 2.02. The summed E-state index contributed by atoms with van der Waals surface area (Å²) in [6.07, 6.45) is 1.74. The van der Waals surface area contributed by atoms with Crippen LogP contribution in [-0.4, -0.2) is 51.7 Å². The van der Waals surface area contributed by atoms with E-state index >= 15 is 0 Å². The molecule has 1 atom stereocenters. The van der Waals surface area contributed by atoms with E-state index in [-0.39, 0.29) is 23.7 Å². The zero-order valence-electron chi connectivity index (χ0n) is 9.71. The van der Waals surface area contributed by atoms with Gasteiger partial charge in [0.1, 0.15) is 0 Å². The van der Waals surface area contributed by atoms with E-state index in [2.05, 4.69) is 5.32 Å². The van der Waals surface area contributed by atoms with Gasteiger partial charge in [-0.3, -0.25) is 4.79 Å². The second-order valence-corrected chi connectivity index (χ2v) is 4.15. The average Bonchev–Trinajstić information content (AvgIpc) is 2.63. The van der Waals surface area contributed by atoms with Crippen molar-refractivity contribution in [1.82, 2.24) is 10.2 Å². The van der Waals surface area contributed by atoms with Crippen molar-refractivity contribution in [2.75, 3.05) is 40.9 Å². The van der Waals surface area contributed by atoms with E-state index in [1.807, 2.05) is 14.1 Å². The Balaban J connectivity index is 0.00000196. The molecular weight excluding hydrogens is 216 g/mol. The number of ether oxygens (including phenoxy) is 1. The number of amides is 1. The molecule has 1 N–H and O–H groups in total. The van der Waals surface area contributed by atoms with Gasteiger partial charge in [-0.1, -0.05) is 0 Å². The van der Waals surface area contributed by atoms with Crippen LogP contribution in [0.15, 0.2) is 0 Å². The Kier molecular flexibility index (Phi) is 6.17. The van der Waals surface area contributed by atoms with Crippen molar-refractivity contribution >= 4 is 18.3 Å². The molecule has 0 aromatic carbocycles. The number of halogens is 1. The molecule has 0 spiro atoms. The van der Waals surface area contributed by atoms with Crippen molar-refractivity contribution in [3.8, 4) is 0 Å². The third kappa shape index (κ3) is 3.33. The third-order valence-corrected chi connectivity index (χ3v) is 2.89. The smallest absolute Gasteiger partial charge is 0.229 e. The summed E-state index contributed by atoms with van der Waals surface area (Å²) in [5.41, 5.74) is -0.223. The summed E-state index contributed by atoms with van der Waals surface area (Å²) in [5.74, 6) is 0.222. The van der Waals surface area contributed by atoms with E-state index in [0.29, 0.717) is 6.61 Å². The van der Waals surface area contributed by atoms with Gasteiger partial charge in [0.05, 0.1) is 5.41 Å². The summed E-state index contributed by atoms with van der Waals surface area (Å²) in [6.45, 7) is 2.37. The molecule has 1 saturated heterocycles. The van der Waals surface area contributed by atoms with Crippen LogP contribution in [0.4, 0.5) is 0 Å². The van der Waals surface area contributed by atoms with E-state index in [0.717, 1.165) is 25.9 Å². The lowest BCUT2D eigenvalue weighted by molar-refractivity contribution is -0.139. The standard InChI is InChI=1S/C10H20N2O2.ClH/c1-12(2)9(13)10(5-7-14-3)4-6-11-8-10;/h11H,4-8H2,1-3H3;1H. The van der Waals surface area contributed by atoms with Gasteiger partial charge >= 0.3 is 0 Å². The fraction of sp³-hybridized carbons (Fsp3) is 0.900. The summed E-state index contributed by atoms with van der Waals surface area (Å²) in [7, 11) is 5.31. The third-order valence-electron chi connectivity index (χ3n) is 2.89. The highest BCUT2D eigenvalue weighted by atomic mass is 35.5. The predicted octanol–water partition coefficient (Wildman–Crippen LogP) is 0.513. The van der Waals surface area contributed by atoms with E-state index in [9.17, 15) is 4.79 Å². The lowest BCUT2D eigenvalue weighted by Gasteiger charge is -2.29. The monoisotopic (exact) mass is 236 g/mol. The highest BCUT2D eigenvalue weighted by Gasteiger charge is 2.41. The maximum absolute atomic E-state index is 12.0. The van der Waals surface area contributed by atoms with Gasteiger partial charge < -0.3 is 15.0 Å². The van der Waals surface area contributed by atoms with Gasteiger partial charge in [0, 0.05) is 34.4 Å². The lowest BCUT2D eigenvalue weighted by Crippen LogP contribution is -2.42. The van der Waals surface area contributed by atoms with E-state index in [1.54, 1.807) is 12.0 Å². The van der Waals surface area contributed by atoms with Crippen LogP contribution in [-0.2, 0) is 9.53 Å². The van der Waals surface area contributed by atoms with E-state index < -0.39 is 0 Å². The molecule has 1 amide bonds. The Labute approximate surface area is 97.8 Å². The molecule has 0 aromatic heterocycles. The molecule has 5 heteroatoms. The van der Waals surface area contributed by atoms with Crippen LogP contribution in [0, 0.1) is 5.41 Å². The molecule has 1 rings (SSSR count). The highest BCUT2D eigenvalue weighted by molar-refractivity contribution is 5.85. The molecule has 0 radical (unpaired) electrons. The van der Waals surface area contributed by atoms with Gasteiger partial charge in [-0.05, 0) is 19.4 Å². The van der Waals surface area contributed by atoms with Gasteiger partial charge in [0.15, 0.2) is 0 Å². The van der Waals surface area contributed by atoms with Crippen LogP contribution >= 0.6 is 12.4 Å². The number of nitrogens with zero attached hydrogens (tertiary/aromatic N) is 1. The number of methoxy groups -OCH3 is 1. The quantitative estimate of drug-likeness (QED) is 0.774. The van der Waals surface area contributed by atoms with Gasteiger partial charge in [-0.2, -0.15) is 0 Å². The topological polar surface area (TPSA) is 41.6 Å². The molecule has 1 heterocycles. The van der Waals surface area contributed by atoms with Crippen LogP contribution in [0.3, 0.4) is 0 Å². The number of hydrogen-bond donors (Lipinski definition) is 1. The van der Waals surface area contributed by atoms with Crippen LogP contribution in [0.1, 0.15) is 12.8 Å². The van der Waals surface area contributed by atoms with Crippen molar-refractivity contribution in [1.29, 1.82) is 0 Å².